The summed E-state index contributed by atoms with van der Waals surface area (Å²) in [5, 5.41) is 5.85. The van der Waals surface area contributed by atoms with Crippen LogP contribution in [0.25, 0.3) is 0 Å². The van der Waals surface area contributed by atoms with Crippen molar-refractivity contribution in [3.63, 3.8) is 0 Å². The van der Waals surface area contributed by atoms with Crippen LogP contribution in [-0.2, 0) is 9.59 Å². The van der Waals surface area contributed by atoms with Crippen molar-refractivity contribution in [3.05, 3.63) is 29.8 Å². The molecule has 0 radical (unpaired) electrons. The average Bonchev–Trinajstić information content (AvgIpc) is 2.37. The van der Waals surface area contributed by atoms with Gasteiger partial charge in [0, 0.05) is 25.2 Å². The highest BCUT2D eigenvalue weighted by Gasteiger charge is 2.21. The summed E-state index contributed by atoms with van der Waals surface area (Å²) >= 11 is 0. The Hall–Kier alpha value is -1.88. The Morgan fingerprint density at radius 1 is 1.38 bits per heavy atom. The number of carbonyl (C=O) groups is 2. The molecule has 1 aliphatic heterocycles. The molecule has 1 unspecified atom stereocenters. The largest absolute Gasteiger partial charge is 0.352 e. The first-order valence-electron chi connectivity index (χ1n) is 7.39. The second kappa shape index (κ2) is 7.22. The van der Waals surface area contributed by atoms with Crippen LogP contribution in [0.1, 0.15) is 25.3 Å². The van der Waals surface area contributed by atoms with E-state index in [1.807, 2.05) is 31.2 Å². The number of aryl methyl sites for hydroxylation is 1. The van der Waals surface area contributed by atoms with Crippen molar-refractivity contribution in [3.8, 4) is 0 Å². The molecule has 2 rings (SSSR count). The molecule has 1 fully saturated rings. The third kappa shape index (κ3) is 5.19. The molecule has 5 nitrogen and oxygen atoms in total. The Kier molecular flexibility index (Phi) is 5.33. The number of carbonyl (C=O) groups excluding carboxylic acids is 2. The van der Waals surface area contributed by atoms with Gasteiger partial charge in [-0.25, -0.2) is 0 Å². The predicted molar refractivity (Wildman–Crippen MR) is 83.1 cm³/mol. The van der Waals surface area contributed by atoms with Crippen molar-refractivity contribution in [2.24, 2.45) is 0 Å². The van der Waals surface area contributed by atoms with Gasteiger partial charge in [0.15, 0.2) is 0 Å². The molecular weight excluding hydrogens is 266 g/mol. The second-order valence-corrected chi connectivity index (χ2v) is 5.69. The maximum absolute atomic E-state index is 12.1. The highest BCUT2D eigenvalue weighted by Crippen LogP contribution is 2.12. The molecule has 114 valence electrons. The van der Waals surface area contributed by atoms with Gasteiger partial charge in [0.2, 0.25) is 11.8 Å². The van der Waals surface area contributed by atoms with Gasteiger partial charge in [0.1, 0.15) is 0 Å². The number of rotatable bonds is 4. The Morgan fingerprint density at radius 3 is 2.90 bits per heavy atom. The minimum absolute atomic E-state index is 0.00828. The van der Waals surface area contributed by atoms with E-state index in [0.717, 1.165) is 37.2 Å². The van der Waals surface area contributed by atoms with Crippen LogP contribution in [-0.4, -0.2) is 42.4 Å². The van der Waals surface area contributed by atoms with Gasteiger partial charge in [-0.15, -0.1) is 0 Å². The molecule has 0 saturated carbocycles. The number of nitrogens with one attached hydrogen (secondary N) is 2. The number of hydrogen-bond donors (Lipinski definition) is 2. The molecule has 1 atom stereocenters. The molecule has 0 aromatic heterocycles. The van der Waals surface area contributed by atoms with E-state index in [0.29, 0.717) is 6.54 Å². The summed E-state index contributed by atoms with van der Waals surface area (Å²) in [5.74, 6) is -0.0184. The molecule has 0 bridgehead atoms. The standard InChI is InChI=1S/C16H23N3O2/c1-12-5-3-6-14(9-12)18-16(21)11-19-8-4-7-15(10-19)17-13(2)20/h3,5-6,9,15H,4,7-8,10-11H2,1-2H3,(H,17,20)(H,18,21). The quantitative estimate of drug-likeness (QED) is 0.884. The second-order valence-electron chi connectivity index (χ2n) is 5.69. The van der Waals surface area contributed by atoms with E-state index in [9.17, 15) is 9.59 Å². The molecule has 1 aromatic rings. The number of piperidine rings is 1. The normalized spacial score (nSPS) is 19.0. The SMILES string of the molecule is CC(=O)NC1CCCN(CC(=O)Nc2cccc(C)c2)C1. The fourth-order valence-corrected chi connectivity index (χ4v) is 2.73. The van der Waals surface area contributed by atoms with Crippen molar-refractivity contribution >= 4 is 17.5 Å². The highest BCUT2D eigenvalue weighted by molar-refractivity contribution is 5.92. The molecular formula is C16H23N3O2. The number of nitrogens with zero attached hydrogens (tertiary/aromatic N) is 1. The number of likely N-dealkylation sites (tertiary alicyclic amines) is 1. The van der Waals surface area contributed by atoms with Crippen molar-refractivity contribution in [2.75, 3.05) is 25.0 Å². The molecule has 2 amide bonds. The lowest BCUT2D eigenvalue weighted by atomic mass is 10.1. The predicted octanol–water partition coefficient (Wildman–Crippen LogP) is 1.53. The molecule has 2 N–H and O–H groups in total. The zero-order valence-corrected chi connectivity index (χ0v) is 12.7. The lowest BCUT2D eigenvalue weighted by molar-refractivity contribution is -0.120. The van der Waals surface area contributed by atoms with Gasteiger partial charge < -0.3 is 10.6 Å². The van der Waals surface area contributed by atoms with Crippen LogP contribution in [0.3, 0.4) is 0 Å². The maximum atomic E-state index is 12.1. The Morgan fingerprint density at radius 2 is 2.19 bits per heavy atom. The van der Waals surface area contributed by atoms with Crippen molar-refractivity contribution in [1.82, 2.24) is 10.2 Å². The van der Waals surface area contributed by atoms with Crippen LogP contribution < -0.4 is 10.6 Å². The number of amides is 2. The fraction of sp³-hybridized carbons (Fsp3) is 0.500. The summed E-state index contributed by atoms with van der Waals surface area (Å²) in [6.07, 6.45) is 1.98. The van der Waals surface area contributed by atoms with Crippen molar-refractivity contribution in [1.29, 1.82) is 0 Å². The van der Waals surface area contributed by atoms with E-state index in [4.69, 9.17) is 0 Å². The summed E-state index contributed by atoms with van der Waals surface area (Å²) < 4.78 is 0. The first-order chi connectivity index (χ1) is 10.0. The van der Waals surface area contributed by atoms with E-state index < -0.39 is 0 Å². The van der Waals surface area contributed by atoms with Crippen LogP contribution >= 0.6 is 0 Å². The molecule has 1 aliphatic rings. The average molecular weight is 289 g/mol. The van der Waals surface area contributed by atoms with Gasteiger partial charge in [0.25, 0.3) is 0 Å². The molecule has 1 saturated heterocycles. The summed E-state index contributed by atoms with van der Waals surface area (Å²) in [7, 11) is 0. The maximum Gasteiger partial charge on any atom is 0.238 e. The third-order valence-corrected chi connectivity index (χ3v) is 3.58. The smallest absolute Gasteiger partial charge is 0.238 e. The molecule has 0 aliphatic carbocycles. The van der Waals surface area contributed by atoms with Crippen LogP contribution in [0, 0.1) is 6.92 Å². The summed E-state index contributed by atoms with van der Waals surface area (Å²) in [6.45, 7) is 5.53. The van der Waals surface area contributed by atoms with Gasteiger partial charge in [0.05, 0.1) is 6.54 Å². The molecule has 1 aromatic carbocycles. The Labute approximate surface area is 125 Å². The molecule has 0 spiro atoms. The van der Waals surface area contributed by atoms with E-state index in [1.165, 1.54) is 6.92 Å². The van der Waals surface area contributed by atoms with Crippen molar-refractivity contribution < 1.29 is 9.59 Å². The Bertz CT molecular complexity index is 516. The third-order valence-electron chi connectivity index (χ3n) is 3.58. The number of hydrogen-bond acceptors (Lipinski definition) is 3. The fourth-order valence-electron chi connectivity index (χ4n) is 2.73. The van der Waals surface area contributed by atoms with Gasteiger partial charge >= 0.3 is 0 Å². The van der Waals surface area contributed by atoms with E-state index in [2.05, 4.69) is 15.5 Å². The lowest BCUT2D eigenvalue weighted by Crippen LogP contribution is -2.49. The first kappa shape index (κ1) is 15.5. The van der Waals surface area contributed by atoms with Gasteiger partial charge in [-0.05, 0) is 44.0 Å². The van der Waals surface area contributed by atoms with Crippen molar-refractivity contribution in [2.45, 2.75) is 32.7 Å². The summed E-state index contributed by atoms with van der Waals surface area (Å²) in [5.41, 5.74) is 1.95. The molecule has 5 heteroatoms. The van der Waals surface area contributed by atoms with Gasteiger partial charge in [-0.2, -0.15) is 0 Å². The first-order valence-corrected chi connectivity index (χ1v) is 7.39. The number of anilines is 1. The van der Waals surface area contributed by atoms with Gasteiger partial charge in [-0.1, -0.05) is 12.1 Å². The van der Waals surface area contributed by atoms with Gasteiger partial charge in [-0.3, -0.25) is 14.5 Å². The highest BCUT2D eigenvalue weighted by atomic mass is 16.2. The molecule has 1 heterocycles. The van der Waals surface area contributed by atoms with Crippen LogP contribution in [0.15, 0.2) is 24.3 Å². The van der Waals surface area contributed by atoms with Crippen LogP contribution in [0.5, 0.6) is 0 Å². The Balaban J connectivity index is 1.83. The van der Waals surface area contributed by atoms with Crippen LogP contribution in [0.4, 0.5) is 5.69 Å². The van der Waals surface area contributed by atoms with Crippen LogP contribution in [0.2, 0.25) is 0 Å². The van der Waals surface area contributed by atoms with E-state index in [1.54, 1.807) is 0 Å². The van der Waals surface area contributed by atoms with E-state index >= 15 is 0 Å². The van der Waals surface area contributed by atoms with E-state index in [-0.39, 0.29) is 17.9 Å². The lowest BCUT2D eigenvalue weighted by Gasteiger charge is -2.32. The topological polar surface area (TPSA) is 61.4 Å². The summed E-state index contributed by atoms with van der Waals surface area (Å²) in [6, 6.07) is 7.93. The molecule has 21 heavy (non-hydrogen) atoms. The minimum Gasteiger partial charge on any atom is -0.352 e. The monoisotopic (exact) mass is 289 g/mol. The minimum atomic E-state index is -0.0101. The zero-order chi connectivity index (χ0) is 15.2. The zero-order valence-electron chi connectivity index (χ0n) is 12.7. The summed E-state index contributed by atoms with van der Waals surface area (Å²) in [4.78, 5) is 25.3. The number of benzene rings is 1.